The highest BCUT2D eigenvalue weighted by Gasteiger charge is 2.08. The van der Waals surface area contributed by atoms with E-state index in [0.717, 1.165) is 24.5 Å². The normalized spacial score (nSPS) is 12.6. The Hall–Kier alpha value is -2.70. The number of hydrogen-bond donors (Lipinski definition) is 2. The molecule has 0 saturated heterocycles. The minimum atomic E-state index is 0.410. The van der Waals surface area contributed by atoms with E-state index in [-0.39, 0.29) is 0 Å². The Bertz CT molecular complexity index is 670. The molecule has 1 heterocycles. The number of hydrogen-bond acceptors (Lipinski definition) is 4. The van der Waals surface area contributed by atoms with Gasteiger partial charge in [-0.2, -0.15) is 5.10 Å². The molecule has 2 aromatic rings. The summed E-state index contributed by atoms with van der Waals surface area (Å²) in [6, 6.07) is 7.65. The Balaban J connectivity index is 1.91. The van der Waals surface area contributed by atoms with Crippen molar-refractivity contribution < 1.29 is 9.47 Å². The lowest BCUT2D eigenvalue weighted by Gasteiger charge is -2.17. The van der Waals surface area contributed by atoms with E-state index in [1.807, 2.05) is 42.1 Å². The Morgan fingerprint density at radius 2 is 2.20 bits per heavy atom. The molecular formula is C18H27N5O2. The Labute approximate surface area is 149 Å². The maximum Gasteiger partial charge on any atom is 0.195 e. The summed E-state index contributed by atoms with van der Waals surface area (Å²) in [6.07, 6.45) is 3.76. The van der Waals surface area contributed by atoms with Crippen molar-refractivity contribution >= 4 is 11.6 Å². The number of rotatable bonds is 8. The lowest BCUT2D eigenvalue weighted by Crippen LogP contribution is -2.35. The first-order valence-electron chi connectivity index (χ1n) is 8.42. The van der Waals surface area contributed by atoms with Crippen LogP contribution in [-0.2, 0) is 6.54 Å². The number of methoxy groups -OCH3 is 1. The number of anilines is 1. The summed E-state index contributed by atoms with van der Waals surface area (Å²) in [5, 5.41) is 10.8. The van der Waals surface area contributed by atoms with Crippen molar-refractivity contribution in [2.45, 2.75) is 20.4 Å². The van der Waals surface area contributed by atoms with Crippen LogP contribution in [0.15, 0.2) is 41.7 Å². The van der Waals surface area contributed by atoms with Crippen molar-refractivity contribution in [3.05, 3.63) is 36.7 Å². The van der Waals surface area contributed by atoms with Crippen LogP contribution in [0, 0.1) is 5.92 Å². The fourth-order valence-electron chi connectivity index (χ4n) is 2.40. The summed E-state index contributed by atoms with van der Waals surface area (Å²) in [5.74, 6) is 2.53. The molecule has 0 amide bonds. The van der Waals surface area contributed by atoms with Gasteiger partial charge in [-0.05, 0) is 31.0 Å². The zero-order chi connectivity index (χ0) is 18.1. The van der Waals surface area contributed by atoms with Gasteiger partial charge in [0.2, 0.25) is 0 Å². The monoisotopic (exact) mass is 345 g/mol. The summed E-state index contributed by atoms with van der Waals surface area (Å²) in [6.45, 7) is 6.35. The highest BCUT2D eigenvalue weighted by atomic mass is 16.5. The van der Waals surface area contributed by atoms with Crippen molar-refractivity contribution in [2.75, 3.05) is 32.6 Å². The molecular weight excluding hydrogens is 318 g/mol. The van der Waals surface area contributed by atoms with E-state index >= 15 is 0 Å². The van der Waals surface area contributed by atoms with E-state index in [2.05, 4.69) is 27.6 Å². The summed E-state index contributed by atoms with van der Waals surface area (Å²) in [7, 11) is 3.38. The van der Waals surface area contributed by atoms with Gasteiger partial charge in [-0.15, -0.1) is 0 Å². The number of nitrogens with one attached hydrogen (secondary N) is 2. The second-order valence-corrected chi connectivity index (χ2v) is 5.71. The van der Waals surface area contributed by atoms with Crippen molar-refractivity contribution in [1.29, 1.82) is 0 Å². The fraction of sp³-hybridized carbons (Fsp3) is 0.444. The third kappa shape index (κ3) is 5.70. The van der Waals surface area contributed by atoms with Gasteiger partial charge in [-0.25, -0.2) is 0 Å². The van der Waals surface area contributed by atoms with Gasteiger partial charge in [-0.3, -0.25) is 9.67 Å². The average Bonchev–Trinajstić information content (AvgIpc) is 3.12. The third-order valence-electron chi connectivity index (χ3n) is 3.63. The zero-order valence-corrected chi connectivity index (χ0v) is 15.3. The van der Waals surface area contributed by atoms with Gasteiger partial charge in [0.05, 0.1) is 13.7 Å². The summed E-state index contributed by atoms with van der Waals surface area (Å²) >= 11 is 0. The second-order valence-electron chi connectivity index (χ2n) is 5.71. The predicted molar refractivity (Wildman–Crippen MR) is 101 cm³/mol. The molecule has 0 fully saturated rings. The molecule has 0 aliphatic heterocycles. The Kier molecular flexibility index (Phi) is 7.13. The molecule has 0 saturated carbocycles. The van der Waals surface area contributed by atoms with Crippen molar-refractivity contribution in [3.63, 3.8) is 0 Å². The first-order valence-corrected chi connectivity index (χ1v) is 8.42. The molecule has 1 unspecified atom stereocenters. The van der Waals surface area contributed by atoms with Crippen LogP contribution < -0.4 is 20.1 Å². The predicted octanol–water partition coefficient (Wildman–Crippen LogP) is 2.61. The van der Waals surface area contributed by atoms with Gasteiger partial charge in [0.25, 0.3) is 0 Å². The van der Waals surface area contributed by atoms with Crippen LogP contribution in [0.3, 0.4) is 0 Å². The Morgan fingerprint density at radius 3 is 2.84 bits per heavy atom. The molecule has 1 aromatic heterocycles. The van der Waals surface area contributed by atoms with E-state index in [4.69, 9.17) is 9.47 Å². The number of aliphatic imine (C=N–C) groups is 1. The summed E-state index contributed by atoms with van der Waals surface area (Å²) < 4.78 is 12.8. The molecule has 25 heavy (non-hydrogen) atoms. The van der Waals surface area contributed by atoms with Crippen molar-refractivity contribution in [3.8, 4) is 11.5 Å². The molecule has 2 rings (SSSR count). The maximum absolute atomic E-state index is 5.54. The number of ether oxygens (including phenoxy) is 2. The molecule has 1 atom stereocenters. The van der Waals surface area contributed by atoms with Gasteiger partial charge in [0.1, 0.15) is 0 Å². The largest absolute Gasteiger partial charge is 0.493 e. The second kappa shape index (κ2) is 9.56. The SMILES string of the molecule is CCOc1ccc(NC(=NC)NCC(C)Cn2cccn2)cc1OC. The highest BCUT2D eigenvalue weighted by molar-refractivity contribution is 5.93. The van der Waals surface area contributed by atoms with Gasteiger partial charge in [0, 0.05) is 44.3 Å². The molecule has 7 heteroatoms. The van der Waals surface area contributed by atoms with E-state index in [9.17, 15) is 0 Å². The number of benzene rings is 1. The molecule has 0 bridgehead atoms. The van der Waals surface area contributed by atoms with E-state index in [1.165, 1.54) is 0 Å². The van der Waals surface area contributed by atoms with Crippen LogP contribution in [0.5, 0.6) is 11.5 Å². The van der Waals surface area contributed by atoms with E-state index in [0.29, 0.717) is 24.2 Å². The van der Waals surface area contributed by atoms with Crippen LogP contribution in [0.25, 0.3) is 0 Å². The molecule has 0 aliphatic carbocycles. The van der Waals surface area contributed by atoms with Gasteiger partial charge >= 0.3 is 0 Å². The molecule has 1 aromatic carbocycles. The van der Waals surface area contributed by atoms with Crippen LogP contribution >= 0.6 is 0 Å². The van der Waals surface area contributed by atoms with Crippen LogP contribution in [0.1, 0.15) is 13.8 Å². The quantitative estimate of drug-likeness (QED) is 0.568. The van der Waals surface area contributed by atoms with E-state index in [1.54, 1.807) is 20.4 Å². The lowest BCUT2D eigenvalue weighted by molar-refractivity contribution is 0.311. The molecule has 0 radical (unpaired) electrons. The number of nitrogens with zero attached hydrogens (tertiary/aromatic N) is 3. The molecule has 0 spiro atoms. The lowest BCUT2D eigenvalue weighted by atomic mass is 10.2. The first kappa shape index (κ1) is 18.6. The third-order valence-corrected chi connectivity index (χ3v) is 3.63. The van der Waals surface area contributed by atoms with Crippen LogP contribution in [0.4, 0.5) is 5.69 Å². The van der Waals surface area contributed by atoms with Crippen LogP contribution in [0.2, 0.25) is 0 Å². The minimum absolute atomic E-state index is 0.410. The zero-order valence-electron chi connectivity index (χ0n) is 15.3. The number of aromatic nitrogens is 2. The standard InChI is InChI=1S/C18H27N5O2/c1-5-25-16-8-7-15(11-17(16)24-4)22-18(19-3)20-12-14(2)13-23-10-6-9-21-23/h6-11,14H,5,12-13H2,1-4H3,(H2,19,20,22). The van der Waals surface area contributed by atoms with Crippen molar-refractivity contribution in [1.82, 2.24) is 15.1 Å². The van der Waals surface area contributed by atoms with E-state index < -0.39 is 0 Å². The first-order chi connectivity index (χ1) is 12.2. The summed E-state index contributed by atoms with van der Waals surface area (Å²) in [5.41, 5.74) is 0.883. The average molecular weight is 345 g/mol. The molecule has 7 nitrogen and oxygen atoms in total. The maximum atomic E-state index is 5.54. The van der Waals surface area contributed by atoms with Crippen molar-refractivity contribution in [2.24, 2.45) is 10.9 Å². The number of guanidine groups is 1. The smallest absolute Gasteiger partial charge is 0.195 e. The minimum Gasteiger partial charge on any atom is -0.493 e. The van der Waals surface area contributed by atoms with Crippen LogP contribution in [-0.4, -0.2) is 43.0 Å². The molecule has 136 valence electrons. The molecule has 2 N–H and O–H groups in total. The summed E-state index contributed by atoms with van der Waals surface area (Å²) in [4.78, 5) is 4.27. The van der Waals surface area contributed by atoms with Gasteiger partial charge < -0.3 is 20.1 Å². The van der Waals surface area contributed by atoms with Gasteiger partial charge in [0.15, 0.2) is 17.5 Å². The molecule has 0 aliphatic rings. The topological polar surface area (TPSA) is 72.7 Å². The van der Waals surface area contributed by atoms with Gasteiger partial charge in [-0.1, -0.05) is 6.92 Å². The fourth-order valence-corrected chi connectivity index (χ4v) is 2.40. The Morgan fingerprint density at radius 1 is 1.36 bits per heavy atom. The highest BCUT2D eigenvalue weighted by Crippen LogP contribution is 2.30.